The van der Waals surface area contributed by atoms with Crippen LogP contribution in [0.15, 0.2) is 66.9 Å². The van der Waals surface area contributed by atoms with Gasteiger partial charge >= 0.3 is 5.97 Å². The Hall–Kier alpha value is -4.76. The number of carbonyl (C=O) groups excluding carboxylic acids is 1. The smallest absolute Gasteiger partial charge is 0.328 e. The Labute approximate surface area is 267 Å². The number of nitrogens with zero attached hydrogens (tertiary/aromatic N) is 4. The van der Waals surface area contributed by atoms with E-state index in [1.165, 1.54) is 36.6 Å². The van der Waals surface area contributed by atoms with Crippen molar-refractivity contribution in [3.8, 4) is 11.4 Å². The second kappa shape index (κ2) is 12.2. The van der Waals surface area contributed by atoms with E-state index in [4.69, 9.17) is 19.8 Å². The first-order valence-corrected chi connectivity index (χ1v) is 16.2. The average molecular weight is 618 g/mol. The summed E-state index contributed by atoms with van der Waals surface area (Å²) in [7, 11) is 3.75. The number of aliphatic carboxylic acids is 1. The molecule has 2 aliphatic rings. The maximum atomic E-state index is 14.1. The van der Waals surface area contributed by atoms with E-state index in [0.29, 0.717) is 24.6 Å². The minimum Gasteiger partial charge on any atom is -0.478 e. The maximum Gasteiger partial charge on any atom is 0.328 e. The first kappa shape index (κ1) is 29.9. The Balaban J connectivity index is 1.26. The third kappa shape index (κ3) is 5.28. The predicted molar refractivity (Wildman–Crippen MR) is 179 cm³/mol. The van der Waals surface area contributed by atoms with E-state index in [1.807, 2.05) is 48.7 Å². The van der Waals surface area contributed by atoms with Gasteiger partial charge < -0.3 is 24.3 Å². The molecule has 0 atom stereocenters. The third-order valence-electron chi connectivity index (χ3n) is 9.87. The Morgan fingerprint density at radius 1 is 1.07 bits per heavy atom. The molecule has 46 heavy (non-hydrogen) atoms. The van der Waals surface area contributed by atoms with E-state index in [0.717, 1.165) is 64.7 Å². The molecule has 1 amide bonds. The predicted octanol–water partition coefficient (Wildman–Crippen LogP) is 6.80. The van der Waals surface area contributed by atoms with E-state index < -0.39 is 11.5 Å². The number of aryl methyl sites for hydroxylation is 1. The summed E-state index contributed by atoms with van der Waals surface area (Å²) in [5, 5.41) is 13.7. The molecule has 0 radical (unpaired) electrons. The monoisotopic (exact) mass is 617 g/mol. The number of rotatable bonds is 10. The number of carboxylic acids is 1. The van der Waals surface area contributed by atoms with Crippen molar-refractivity contribution in [3.63, 3.8) is 0 Å². The highest BCUT2D eigenvalue weighted by Gasteiger charge is 2.44. The molecule has 2 saturated carbocycles. The quantitative estimate of drug-likeness (QED) is 0.167. The summed E-state index contributed by atoms with van der Waals surface area (Å²) in [4.78, 5) is 35.0. The maximum absolute atomic E-state index is 14.1. The standard InChI is InChI=1S/C37H39N5O4/c1-41-30-23-26(13-14-27(30)33(25-8-3-4-9-25)34(41)29-10-5-6-19-38-29)35(45)40-37(17-7-18-37)36-39-28-15-11-24(12-16-32(43)44)22-31(28)42(36)20-21-46-2/h5-6,10-16,19,22-23,25H,3-4,7-9,17-18,20-21H2,1-2H3,(H,40,45)(H,43,44)/b16-12+. The van der Waals surface area contributed by atoms with Gasteiger partial charge in [0.25, 0.3) is 5.91 Å². The van der Waals surface area contributed by atoms with Crippen LogP contribution in [0.1, 0.15) is 78.2 Å². The molecule has 2 N–H and O–H groups in total. The van der Waals surface area contributed by atoms with E-state index in [1.54, 1.807) is 13.2 Å². The van der Waals surface area contributed by atoms with Crippen LogP contribution in [0, 0.1) is 0 Å². The molecule has 3 aromatic heterocycles. The molecule has 9 nitrogen and oxygen atoms in total. The number of methoxy groups -OCH3 is 1. The van der Waals surface area contributed by atoms with Crippen LogP contribution in [0.3, 0.4) is 0 Å². The lowest BCUT2D eigenvalue weighted by atomic mass is 9.75. The Kier molecular flexibility index (Phi) is 7.94. The molecule has 9 heteroatoms. The molecular weight excluding hydrogens is 578 g/mol. The fourth-order valence-corrected chi connectivity index (χ4v) is 7.46. The SMILES string of the molecule is COCCn1c(C2(NC(=O)c3ccc4c(C5CCCC5)c(-c5ccccn5)n(C)c4c3)CCC2)nc2ccc(/C=C/C(=O)O)cc21. The molecule has 236 valence electrons. The van der Waals surface area contributed by atoms with Gasteiger partial charge in [0.2, 0.25) is 0 Å². The van der Waals surface area contributed by atoms with Crippen molar-refractivity contribution in [2.75, 3.05) is 13.7 Å². The van der Waals surface area contributed by atoms with Gasteiger partial charge in [0.1, 0.15) is 5.82 Å². The molecule has 7 rings (SSSR count). The van der Waals surface area contributed by atoms with Gasteiger partial charge in [-0.3, -0.25) is 9.78 Å². The normalized spacial score (nSPS) is 16.4. The van der Waals surface area contributed by atoms with Gasteiger partial charge in [0, 0.05) is 49.4 Å². The van der Waals surface area contributed by atoms with Crippen molar-refractivity contribution in [2.45, 2.75) is 62.9 Å². The molecule has 0 saturated heterocycles. The number of nitrogens with one attached hydrogen (secondary N) is 1. The first-order valence-electron chi connectivity index (χ1n) is 16.2. The van der Waals surface area contributed by atoms with Gasteiger partial charge in [-0.2, -0.15) is 0 Å². The van der Waals surface area contributed by atoms with Crippen molar-refractivity contribution in [1.29, 1.82) is 0 Å². The zero-order valence-corrected chi connectivity index (χ0v) is 26.3. The Morgan fingerprint density at radius 3 is 2.59 bits per heavy atom. The number of amides is 1. The second-order valence-electron chi connectivity index (χ2n) is 12.6. The van der Waals surface area contributed by atoms with E-state index in [-0.39, 0.29) is 5.91 Å². The van der Waals surface area contributed by atoms with Crippen molar-refractivity contribution in [1.82, 2.24) is 24.4 Å². The summed E-state index contributed by atoms with van der Waals surface area (Å²) < 4.78 is 9.77. The van der Waals surface area contributed by atoms with E-state index >= 15 is 0 Å². The molecule has 5 aromatic rings. The van der Waals surface area contributed by atoms with Crippen molar-refractivity contribution in [2.24, 2.45) is 7.05 Å². The summed E-state index contributed by atoms with van der Waals surface area (Å²) in [6.07, 6.45) is 11.9. The van der Waals surface area contributed by atoms with Crippen molar-refractivity contribution in [3.05, 3.63) is 89.4 Å². The number of ether oxygens (including phenoxy) is 1. The Bertz CT molecular complexity index is 1960. The summed E-state index contributed by atoms with van der Waals surface area (Å²) in [6.45, 7) is 1.03. The highest BCUT2D eigenvalue weighted by atomic mass is 16.5. The second-order valence-corrected chi connectivity index (χ2v) is 12.6. The number of hydrogen-bond donors (Lipinski definition) is 2. The molecule has 2 fully saturated rings. The summed E-state index contributed by atoms with van der Waals surface area (Å²) in [6, 6.07) is 17.9. The van der Waals surface area contributed by atoms with E-state index in [2.05, 4.69) is 33.6 Å². The largest absolute Gasteiger partial charge is 0.478 e. The van der Waals surface area contributed by atoms with E-state index in [9.17, 15) is 9.59 Å². The molecule has 0 unspecified atom stereocenters. The minimum atomic E-state index is -0.999. The highest BCUT2D eigenvalue weighted by Crippen LogP contribution is 2.45. The van der Waals surface area contributed by atoms with Crippen molar-refractivity contribution < 1.29 is 19.4 Å². The molecule has 0 spiro atoms. The van der Waals surface area contributed by atoms with Crippen LogP contribution in [-0.4, -0.2) is 49.8 Å². The number of imidazole rings is 1. The number of carboxylic acid groups (broad SMARTS) is 1. The number of carbonyl (C=O) groups is 2. The molecule has 2 aromatic carbocycles. The Morgan fingerprint density at radius 2 is 1.89 bits per heavy atom. The number of aromatic nitrogens is 4. The molecule has 3 heterocycles. The first-order chi connectivity index (χ1) is 22.4. The lowest BCUT2D eigenvalue weighted by Crippen LogP contribution is -2.52. The highest BCUT2D eigenvalue weighted by molar-refractivity contribution is 6.01. The molecule has 0 bridgehead atoms. The van der Waals surface area contributed by atoms with Gasteiger partial charge in [-0.1, -0.05) is 31.0 Å². The summed E-state index contributed by atoms with van der Waals surface area (Å²) in [5.74, 6) is 0.166. The fraction of sp³-hybridized carbons (Fsp3) is 0.351. The third-order valence-corrected chi connectivity index (χ3v) is 9.87. The van der Waals surface area contributed by atoms with Crippen LogP contribution in [0.4, 0.5) is 0 Å². The van der Waals surface area contributed by atoms with Crippen LogP contribution in [0.2, 0.25) is 0 Å². The summed E-state index contributed by atoms with van der Waals surface area (Å²) in [5.41, 5.74) is 6.93. The van der Waals surface area contributed by atoms with Gasteiger partial charge in [-0.05, 0) is 91.6 Å². The topological polar surface area (TPSA) is 111 Å². The van der Waals surface area contributed by atoms with Crippen LogP contribution in [-0.2, 0) is 28.7 Å². The van der Waals surface area contributed by atoms with Crippen LogP contribution in [0.5, 0.6) is 0 Å². The van der Waals surface area contributed by atoms with Gasteiger partial charge in [0.15, 0.2) is 0 Å². The number of fused-ring (bicyclic) bond motifs is 2. The fourth-order valence-electron chi connectivity index (χ4n) is 7.46. The molecule has 0 aliphatic heterocycles. The van der Waals surface area contributed by atoms with Gasteiger partial charge in [-0.15, -0.1) is 0 Å². The lowest BCUT2D eigenvalue weighted by Gasteiger charge is -2.42. The van der Waals surface area contributed by atoms with Crippen LogP contribution in [0.25, 0.3) is 39.4 Å². The zero-order chi connectivity index (χ0) is 31.8. The van der Waals surface area contributed by atoms with Crippen LogP contribution < -0.4 is 5.32 Å². The lowest BCUT2D eigenvalue weighted by molar-refractivity contribution is -0.131. The minimum absolute atomic E-state index is 0.125. The zero-order valence-electron chi connectivity index (χ0n) is 26.3. The van der Waals surface area contributed by atoms with Gasteiger partial charge in [0.05, 0.1) is 34.6 Å². The summed E-state index contributed by atoms with van der Waals surface area (Å²) >= 11 is 0. The number of benzene rings is 2. The number of hydrogen-bond acceptors (Lipinski definition) is 5. The molecular formula is C37H39N5O4. The number of pyridine rings is 1. The van der Waals surface area contributed by atoms with Crippen molar-refractivity contribution >= 4 is 39.9 Å². The van der Waals surface area contributed by atoms with Crippen LogP contribution >= 0.6 is 0 Å². The average Bonchev–Trinajstić information content (AvgIpc) is 3.77. The molecule has 2 aliphatic carbocycles. The van der Waals surface area contributed by atoms with Gasteiger partial charge in [-0.25, -0.2) is 9.78 Å².